The molecule has 0 bridgehead atoms. The lowest BCUT2D eigenvalue weighted by Gasteiger charge is -2.16. The van der Waals surface area contributed by atoms with E-state index in [0.29, 0.717) is 6.54 Å². The maximum Gasteiger partial charge on any atom is 0.258 e. The first kappa shape index (κ1) is 11.5. The van der Waals surface area contributed by atoms with E-state index in [1.807, 2.05) is 42.2 Å². The van der Waals surface area contributed by atoms with Gasteiger partial charge in [0.05, 0.1) is 17.2 Å². The van der Waals surface area contributed by atoms with Crippen LogP contribution in [0.3, 0.4) is 0 Å². The lowest BCUT2D eigenvalue weighted by molar-refractivity contribution is 0.0994. The van der Waals surface area contributed by atoms with E-state index in [9.17, 15) is 10.1 Å². The number of anilines is 1. The van der Waals surface area contributed by atoms with Crippen LogP contribution in [-0.4, -0.2) is 12.5 Å². The van der Waals surface area contributed by atoms with Crippen molar-refractivity contribution in [3.8, 4) is 6.07 Å². The summed E-state index contributed by atoms with van der Waals surface area (Å²) >= 11 is 0. The molecule has 0 atom stereocenters. The predicted molar refractivity (Wildman–Crippen MR) is 77.8 cm³/mol. The summed E-state index contributed by atoms with van der Waals surface area (Å²) in [7, 11) is 0. The van der Waals surface area contributed by atoms with E-state index in [-0.39, 0.29) is 11.3 Å². The Labute approximate surface area is 117 Å². The lowest BCUT2D eigenvalue weighted by Crippen LogP contribution is -2.25. The van der Waals surface area contributed by atoms with Crippen LogP contribution in [0.4, 0.5) is 5.69 Å². The largest absolute Gasteiger partial charge is 0.308 e. The first-order chi connectivity index (χ1) is 9.72. The standard InChI is InChI=1S/C17H14N2O/c1-2-19-14-7-6-13(17(10-18)8-9-17)11-4-3-5-12(15(11)14)16(19)20/h3-7H,2,8-9H2,1H3. The Hall–Kier alpha value is -2.34. The predicted octanol–water partition coefficient (Wildman–Crippen LogP) is 3.38. The summed E-state index contributed by atoms with van der Waals surface area (Å²) in [6.45, 7) is 2.66. The van der Waals surface area contributed by atoms with Crippen LogP contribution in [0.5, 0.6) is 0 Å². The Morgan fingerprint density at radius 3 is 2.75 bits per heavy atom. The third kappa shape index (κ3) is 1.21. The van der Waals surface area contributed by atoms with Crippen molar-refractivity contribution >= 4 is 22.4 Å². The van der Waals surface area contributed by atoms with Crippen molar-refractivity contribution in [1.82, 2.24) is 0 Å². The molecule has 3 heteroatoms. The van der Waals surface area contributed by atoms with Crippen LogP contribution >= 0.6 is 0 Å². The molecule has 1 saturated carbocycles. The summed E-state index contributed by atoms with van der Waals surface area (Å²) in [5, 5.41) is 11.5. The number of benzene rings is 2. The van der Waals surface area contributed by atoms with Gasteiger partial charge in [0.2, 0.25) is 0 Å². The maximum absolute atomic E-state index is 12.4. The summed E-state index contributed by atoms with van der Waals surface area (Å²) in [6, 6.07) is 12.4. The van der Waals surface area contributed by atoms with Crippen LogP contribution in [-0.2, 0) is 5.41 Å². The molecule has 98 valence electrons. The topological polar surface area (TPSA) is 44.1 Å². The average Bonchev–Trinajstić information content (AvgIpc) is 3.23. The van der Waals surface area contributed by atoms with Crippen molar-refractivity contribution in [2.75, 3.05) is 11.4 Å². The molecule has 1 amide bonds. The Kier molecular flexibility index (Phi) is 2.07. The molecule has 20 heavy (non-hydrogen) atoms. The molecule has 3 nitrogen and oxygen atoms in total. The molecule has 0 aromatic heterocycles. The van der Waals surface area contributed by atoms with Gasteiger partial charge in [0.1, 0.15) is 0 Å². The fourth-order valence-electron chi connectivity index (χ4n) is 3.34. The van der Waals surface area contributed by atoms with Crippen molar-refractivity contribution in [3.05, 3.63) is 41.5 Å². The van der Waals surface area contributed by atoms with Gasteiger partial charge in [0, 0.05) is 17.5 Å². The summed E-state index contributed by atoms with van der Waals surface area (Å²) in [5.41, 5.74) is 2.53. The minimum atomic E-state index is -0.320. The molecule has 0 spiro atoms. The zero-order chi connectivity index (χ0) is 13.9. The zero-order valence-electron chi connectivity index (χ0n) is 11.3. The first-order valence-electron chi connectivity index (χ1n) is 7.01. The van der Waals surface area contributed by atoms with Crippen molar-refractivity contribution in [2.45, 2.75) is 25.2 Å². The van der Waals surface area contributed by atoms with Crippen molar-refractivity contribution in [1.29, 1.82) is 5.26 Å². The van der Waals surface area contributed by atoms with Gasteiger partial charge in [-0.2, -0.15) is 5.26 Å². The molecule has 1 heterocycles. The van der Waals surface area contributed by atoms with E-state index in [0.717, 1.165) is 40.4 Å². The van der Waals surface area contributed by atoms with Crippen molar-refractivity contribution < 1.29 is 4.79 Å². The molecule has 0 radical (unpaired) electrons. The number of amides is 1. The third-order valence-corrected chi connectivity index (χ3v) is 4.58. The molecule has 1 fully saturated rings. The van der Waals surface area contributed by atoms with Gasteiger partial charge in [-0.3, -0.25) is 4.79 Å². The van der Waals surface area contributed by atoms with E-state index in [4.69, 9.17) is 0 Å². The van der Waals surface area contributed by atoms with Crippen LogP contribution in [0.15, 0.2) is 30.3 Å². The molecule has 0 unspecified atom stereocenters. The molecule has 0 saturated heterocycles. The highest BCUT2D eigenvalue weighted by atomic mass is 16.2. The average molecular weight is 262 g/mol. The molecular formula is C17H14N2O. The highest BCUT2D eigenvalue weighted by molar-refractivity contribution is 6.25. The number of rotatable bonds is 2. The normalized spacial score (nSPS) is 18.4. The Bertz CT molecular complexity index is 796. The number of hydrogen-bond acceptors (Lipinski definition) is 2. The first-order valence-corrected chi connectivity index (χ1v) is 7.01. The number of carbonyl (C=O) groups excluding carboxylic acids is 1. The Morgan fingerprint density at radius 1 is 1.30 bits per heavy atom. The second kappa shape index (κ2) is 3.61. The molecule has 1 aliphatic carbocycles. The van der Waals surface area contributed by atoms with Gasteiger partial charge < -0.3 is 4.90 Å². The van der Waals surface area contributed by atoms with E-state index < -0.39 is 0 Å². The highest BCUT2D eigenvalue weighted by Gasteiger charge is 2.46. The van der Waals surface area contributed by atoms with Crippen LogP contribution in [0.25, 0.3) is 10.8 Å². The van der Waals surface area contributed by atoms with Gasteiger partial charge in [-0.1, -0.05) is 18.2 Å². The molecule has 4 rings (SSSR count). The molecule has 2 aliphatic rings. The minimum absolute atomic E-state index is 0.0760. The van der Waals surface area contributed by atoms with Gasteiger partial charge in [-0.15, -0.1) is 0 Å². The lowest BCUT2D eigenvalue weighted by atomic mass is 9.90. The Morgan fingerprint density at radius 2 is 2.10 bits per heavy atom. The SMILES string of the molecule is CCN1C(=O)c2cccc3c(C4(C#N)CC4)ccc1c23. The van der Waals surface area contributed by atoms with E-state index in [1.54, 1.807) is 0 Å². The van der Waals surface area contributed by atoms with Gasteiger partial charge in [0.25, 0.3) is 5.91 Å². The van der Waals surface area contributed by atoms with Gasteiger partial charge in [-0.25, -0.2) is 0 Å². The smallest absolute Gasteiger partial charge is 0.258 e. The number of carbonyl (C=O) groups is 1. The Balaban J connectivity index is 2.08. The number of hydrogen-bond donors (Lipinski definition) is 0. The van der Waals surface area contributed by atoms with Crippen molar-refractivity contribution in [3.63, 3.8) is 0 Å². The third-order valence-electron chi connectivity index (χ3n) is 4.58. The summed E-state index contributed by atoms with van der Waals surface area (Å²) < 4.78 is 0. The molecule has 0 N–H and O–H groups in total. The second-order valence-electron chi connectivity index (χ2n) is 5.60. The fraction of sp³-hybridized carbons (Fsp3) is 0.294. The van der Waals surface area contributed by atoms with E-state index in [1.165, 1.54) is 0 Å². The minimum Gasteiger partial charge on any atom is -0.308 e. The van der Waals surface area contributed by atoms with Crippen molar-refractivity contribution in [2.24, 2.45) is 0 Å². The van der Waals surface area contributed by atoms with Gasteiger partial charge >= 0.3 is 0 Å². The second-order valence-corrected chi connectivity index (χ2v) is 5.60. The molecule has 2 aromatic rings. The van der Waals surface area contributed by atoms with E-state index in [2.05, 4.69) is 6.07 Å². The van der Waals surface area contributed by atoms with E-state index >= 15 is 0 Å². The van der Waals surface area contributed by atoms with Crippen LogP contribution in [0.2, 0.25) is 0 Å². The molecular weight excluding hydrogens is 248 g/mol. The fourth-order valence-corrected chi connectivity index (χ4v) is 3.34. The number of nitriles is 1. The van der Waals surface area contributed by atoms with Crippen LogP contribution in [0.1, 0.15) is 35.7 Å². The molecule has 2 aromatic carbocycles. The van der Waals surface area contributed by atoms with Gasteiger partial charge in [-0.05, 0) is 42.8 Å². The zero-order valence-corrected chi connectivity index (χ0v) is 11.3. The summed E-state index contributed by atoms with van der Waals surface area (Å²) in [5.74, 6) is 0.0760. The maximum atomic E-state index is 12.4. The van der Waals surface area contributed by atoms with Crippen LogP contribution in [0, 0.1) is 11.3 Å². The highest BCUT2D eigenvalue weighted by Crippen LogP contribution is 2.52. The quantitative estimate of drug-likeness (QED) is 0.832. The summed E-state index contributed by atoms with van der Waals surface area (Å²) in [6.07, 6.45) is 1.85. The molecule has 1 aliphatic heterocycles. The van der Waals surface area contributed by atoms with Gasteiger partial charge in [0.15, 0.2) is 0 Å². The number of nitrogens with zero attached hydrogens (tertiary/aromatic N) is 2. The monoisotopic (exact) mass is 262 g/mol. The summed E-state index contributed by atoms with van der Waals surface area (Å²) in [4.78, 5) is 14.2. The van der Waals surface area contributed by atoms with Crippen LogP contribution < -0.4 is 4.90 Å².